The molecule has 6 heteroatoms. The first-order valence-electron chi connectivity index (χ1n) is 7.69. The molecule has 0 aromatic heterocycles. The largest absolute Gasteiger partial charge is 0.479 e. The molecule has 0 aliphatic carbocycles. The number of para-hydroxylation sites is 1. The van der Waals surface area contributed by atoms with Crippen molar-refractivity contribution in [3.05, 3.63) is 60.2 Å². The third kappa shape index (κ3) is 4.29. The maximum Gasteiger partial charge on any atom is 0.262 e. The van der Waals surface area contributed by atoms with Gasteiger partial charge in [-0.05, 0) is 17.7 Å². The summed E-state index contributed by atoms with van der Waals surface area (Å²) < 4.78 is 5.69. The molecular formula is C18H18N2O3S. The average molecular weight is 342 g/mol. The number of ether oxygens (including phenoxy) is 1. The third-order valence-electron chi connectivity index (χ3n) is 3.56. The lowest BCUT2D eigenvalue weighted by atomic mass is 10.2. The molecule has 0 radical (unpaired) electrons. The van der Waals surface area contributed by atoms with E-state index in [0.29, 0.717) is 18.0 Å². The molecule has 1 heterocycles. The standard InChI is InChI=1S/C18H18N2O3S/c21-17(19-10-13-6-2-1-3-7-13)11-20-18(22)15-12-24-16-9-5-4-8-14(16)23-15/h1-9,15H,10-12H2,(H,19,21)(H,20,22)/t15-/m0/s1. The quantitative estimate of drug-likeness (QED) is 0.872. The minimum atomic E-state index is -0.577. The van der Waals surface area contributed by atoms with Gasteiger partial charge < -0.3 is 15.4 Å². The molecule has 1 aliphatic heterocycles. The zero-order valence-electron chi connectivity index (χ0n) is 13.0. The number of fused-ring (bicyclic) bond motifs is 1. The smallest absolute Gasteiger partial charge is 0.262 e. The average Bonchev–Trinajstić information content (AvgIpc) is 2.65. The number of rotatable bonds is 5. The molecule has 1 aliphatic rings. The van der Waals surface area contributed by atoms with Gasteiger partial charge in [0.2, 0.25) is 5.91 Å². The predicted octanol–water partition coefficient (Wildman–Crippen LogP) is 1.97. The maximum atomic E-state index is 12.2. The Kier molecular flexibility index (Phi) is 5.38. The van der Waals surface area contributed by atoms with Crippen LogP contribution in [0.5, 0.6) is 5.75 Å². The lowest BCUT2D eigenvalue weighted by Gasteiger charge is -2.24. The fourth-order valence-electron chi connectivity index (χ4n) is 2.29. The first kappa shape index (κ1) is 16.4. The van der Waals surface area contributed by atoms with Gasteiger partial charge in [-0.3, -0.25) is 9.59 Å². The summed E-state index contributed by atoms with van der Waals surface area (Å²) in [6.07, 6.45) is -0.577. The number of carbonyl (C=O) groups excluding carboxylic acids is 2. The summed E-state index contributed by atoms with van der Waals surface area (Å²) in [5.74, 6) is 0.749. The molecule has 5 nitrogen and oxygen atoms in total. The number of hydrogen-bond donors (Lipinski definition) is 2. The fourth-order valence-corrected chi connectivity index (χ4v) is 3.27. The van der Waals surface area contributed by atoms with Crippen LogP contribution in [0.2, 0.25) is 0 Å². The van der Waals surface area contributed by atoms with Crippen molar-refractivity contribution in [2.75, 3.05) is 12.3 Å². The highest BCUT2D eigenvalue weighted by Gasteiger charge is 2.26. The van der Waals surface area contributed by atoms with Gasteiger partial charge in [0.25, 0.3) is 5.91 Å². The molecule has 2 aromatic rings. The van der Waals surface area contributed by atoms with Crippen LogP contribution < -0.4 is 15.4 Å². The van der Waals surface area contributed by atoms with Gasteiger partial charge in [0.1, 0.15) is 5.75 Å². The molecule has 3 rings (SSSR count). The van der Waals surface area contributed by atoms with E-state index in [-0.39, 0.29) is 18.4 Å². The Bertz CT molecular complexity index is 721. The van der Waals surface area contributed by atoms with Crippen LogP contribution >= 0.6 is 11.8 Å². The Hall–Kier alpha value is -2.47. The predicted molar refractivity (Wildman–Crippen MR) is 92.9 cm³/mol. The minimum Gasteiger partial charge on any atom is -0.479 e. The number of benzene rings is 2. The van der Waals surface area contributed by atoms with E-state index in [1.165, 1.54) is 0 Å². The molecular weight excluding hydrogens is 324 g/mol. The van der Waals surface area contributed by atoms with Crippen molar-refractivity contribution in [2.24, 2.45) is 0 Å². The second-order valence-corrected chi connectivity index (χ2v) is 6.41. The van der Waals surface area contributed by atoms with Gasteiger partial charge >= 0.3 is 0 Å². The summed E-state index contributed by atoms with van der Waals surface area (Å²) in [6, 6.07) is 17.2. The lowest BCUT2D eigenvalue weighted by molar-refractivity contribution is -0.130. The molecule has 124 valence electrons. The van der Waals surface area contributed by atoms with Crippen LogP contribution in [0.25, 0.3) is 0 Å². The number of amides is 2. The molecule has 0 spiro atoms. The van der Waals surface area contributed by atoms with Crippen LogP contribution in [-0.2, 0) is 16.1 Å². The molecule has 2 aromatic carbocycles. The molecule has 0 saturated heterocycles. The first-order valence-corrected chi connectivity index (χ1v) is 8.68. The molecule has 24 heavy (non-hydrogen) atoms. The molecule has 0 unspecified atom stereocenters. The summed E-state index contributed by atoms with van der Waals surface area (Å²) >= 11 is 1.58. The Morgan fingerprint density at radius 2 is 1.79 bits per heavy atom. The highest BCUT2D eigenvalue weighted by molar-refractivity contribution is 7.99. The zero-order chi connectivity index (χ0) is 16.8. The molecule has 2 amide bonds. The molecule has 2 N–H and O–H groups in total. The van der Waals surface area contributed by atoms with Crippen LogP contribution in [0.3, 0.4) is 0 Å². The van der Waals surface area contributed by atoms with E-state index in [0.717, 1.165) is 10.5 Å². The Balaban J connectivity index is 1.43. The third-order valence-corrected chi connectivity index (χ3v) is 4.67. The molecule has 0 fully saturated rings. The van der Waals surface area contributed by atoms with E-state index in [2.05, 4.69) is 10.6 Å². The Morgan fingerprint density at radius 3 is 2.62 bits per heavy atom. The van der Waals surface area contributed by atoms with E-state index in [4.69, 9.17) is 4.74 Å². The van der Waals surface area contributed by atoms with Gasteiger partial charge in [0.05, 0.1) is 6.54 Å². The summed E-state index contributed by atoms with van der Waals surface area (Å²) in [5, 5.41) is 5.40. The topological polar surface area (TPSA) is 67.4 Å². The van der Waals surface area contributed by atoms with Crippen molar-refractivity contribution >= 4 is 23.6 Å². The van der Waals surface area contributed by atoms with Crippen molar-refractivity contribution in [1.29, 1.82) is 0 Å². The van der Waals surface area contributed by atoms with Crippen LogP contribution in [0.1, 0.15) is 5.56 Å². The van der Waals surface area contributed by atoms with E-state index in [9.17, 15) is 9.59 Å². The van der Waals surface area contributed by atoms with Gasteiger partial charge in [0.15, 0.2) is 6.10 Å². The van der Waals surface area contributed by atoms with Gasteiger partial charge in [-0.15, -0.1) is 11.8 Å². The fraction of sp³-hybridized carbons (Fsp3) is 0.222. The highest BCUT2D eigenvalue weighted by atomic mass is 32.2. The van der Waals surface area contributed by atoms with Gasteiger partial charge in [-0.2, -0.15) is 0 Å². The van der Waals surface area contributed by atoms with E-state index in [1.807, 2.05) is 54.6 Å². The van der Waals surface area contributed by atoms with Gasteiger partial charge in [-0.25, -0.2) is 0 Å². The zero-order valence-corrected chi connectivity index (χ0v) is 13.8. The van der Waals surface area contributed by atoms with E-state index < -0.39 is 6.10 Å². The highest BCUT2D eigenvalue weighted by Crippen LogP contribution is 2.34. The van der Waals surface area contributed by atoms with Crippen molar-refractivity contribution in [1.82, 2.24) is 10.6 Å². The van der Waals surface area contributed by atoms with Gasteiger partial charge in [-0.1, -0.05) is 42.5 Å². The van der Waals surface area contributed by atoms with Crippen LogP contribution in [-0.4, -0.2) is 30.2 Å². The minimum absolute atomic E-state index is 0.0577. The van der Waals surface area contributed by atoms with E-state index in [1.54, 1.807) is 11.8 Å². The Morgan fingerprint density at radius 1 is 1.04 bits per heavy atom. The van der Waals surface area contributed by atoms with Crippen molar-refractivity contribution in [3.63, 3.8) is 0 Å². The summed E-state index contributed by atoms with van der Waals surface area (Å²) in [6.45, 7) is 0.385. The van der Waals surface area contributed by atoms with Crippen molar-refractivity contribution in [3.8, 4) is 5.75 Å². The molecule has 0 saturated carbocycles. The number of carbonyl (C=O) groups is 2. The van der Waals surface area contributed by atoms with Crippen LogP contribution in [0.4, 0.5) is 0 Å². The first-order chi connectivity index (χ1) is 11.7. The summed E-state index contributed by atoms with van der Waals surface area (Å²) in [5.41, 5.74) is 1.01. The van der Waals surface area contributed by atoms with Gasteiger partial charge in [0, 0.05) is 17.2 Å². The SMILES string of the molecule is O=C(CNC(=O)[C@@H]1CSc2ccccc2O1)NCc1ccccc1. The van der Waals surface area contributed by atoms with Crippen molar-refractivity contribution < 1.29 is 14.3 Å². The lowest BCUT2D eigenvalue weighted by Crippen LogP contribution is -2.45. The van der Waals surface area contributed by atoms with Crippen LogP contribution in [0.15, 0.2) is 59.5 Å². The molecule has 1 atom stereocenters. The summed E-state index contributed by atoms with van der Waals surface area (Å²) in [7, 11) is 0. The second-order valence-electron chi connectivity index (χ2n) is 5.34. The van der Waals surface area contributed by atoms with Crippen molar-refractivity contribution in [2.45, 2.75) is 17.5 Å². The normalized spacial score (nSPS) is 15.8. The van der Waals surface area contributed by atoms with E-state index >= 15 is 0 Å². The van der Waals surface area contributed by atoms with Crippen LogP contribution in [0, 0.1) is 0 Å². The number of hydrogen-bond acceptors (Lipinski definition) is 4. The second kappa shape index (κ2) is 7.88. The molecule has 0 bridgehead atoms. The Labute approximate surface area is 144 Å². The number of thioether (sulfide) groups is 1. The monoisotopic (exact) mass is 342 g/mol. The maximum absolute atomic E-state index is 12.2. The summed E-state index contributed by atoms with van der Waals surface area (Å²) in [4.78, 5) is 25.0. The number of nitrogens with one attached hydrogen (secondary N) is 2.